The third kappa shape index (κ3) is 5.09. The van der Waals surface area contributed by atoms with Crippen molar-refractivity contribution in [2.45, 2.75) is 39.2 Å². The Labute approximate surface area is 139 Å². The summed E-state index contributed by atoms with van der Waals surface area (Å²) in [6.07, 6.45) is 1.57. The number of rotatable bonds is 3. The van der Waals surface area contributed by atoms with E-state index in [2.05, 4.69) is 11.9 Å². The minimum Gasteiger partial charge on any atom is -0.444 e. The second kappa shape index (κ2) is 7.07. The van der Waals surface area contributed by atoms with E-state index in [1.54, 1.807) is 4.90 Å². The number of ether oxygens (including phenoxy) is 1. The Bertz CT molecular complexity index is 447. The molecule has 2 saturated heterocycles. The Morgan fingerprint density at radius 1 is 1.17 bits per heavy atom. The van der Waals surface area contributed by atoms with Gasteiger partial charge in [-0.15, -0.1) is 0 Å². The number of carbonyl (C=O) groups excluding carboxylic acids is 2. The topological polar surface area (TPSA) is 53.1 Å². The Morgan fingerprint density at radius 3 is 2.43 bits per heavy atom. The highest BCUT2D eigenvalue weighted by atomic mass is 16.6. The summed E-state index contributed by atoms with van der Waals surface area (Å²) in [6, 6.07) is 0. The lowest BCUT2D eigenvalue weighted by Gasteiger charge is -2.26. The van der Waals surface area contributed by atoms with Crippen molar-refractivity contribution in [2.75, 3.05) is 46.8 Å². The highest BCUT2D eigenvalue weighted by Crippen LogP contribution is 2.22. The van der Waals surface area contributed by atoms with E-state index in [4.69, 9.17) is 4.74 Å². The van der Waals surface area contributed by atoms with Gasteiger partial charge in [0.25, 0.3) is 0 Å². The standard InChI is InChI=1S/C17H31N3O3/c1-17(2,3)23-16(22)20-9-7-14(12-20)15(21)19(5)11-13-6-8-18(4)10-13/h13-14H,6-12H2,1-5H3. The fourth-order valence-electron chi connectivity index (χ4n) is 3.42. The Balaban J connectivity index is 1.81. The summed E-state index contributed by atoms with van der Waals surface area (Å²) >= 11 is 0. The van der Waals surface area contributed by atoms with Crippen molar-refractivity contribution >= 4 is 12.0 Å². The molecular weight excluding hydrogens is 294 g/mol. The van der Waals surface area contributed by atoms with Crippen molar-refractivity contribution in [1.82, 2.24) is 14.7 Å². The average Bonchev–Trinajstić information content (AvgIpc) is 3.05. The van der Waals surface area contributed by atoms with Crippen molar-refractivity contribution in [3.05, 3.63) is 0 Å². The van der Waals surface area contributed by atoms with Gasteiger partial charge in [0.2, 0.25) is 5.91 Å². The van der Waals surface area contributed by atoms with Crippen LogP contribution in [0, 0.1) is 11.8 Å². The first-order valence-electron chi connectivity index (χ1n) is 8.57. The van der Waals surface area contributed by atoms with Crippen LogP contribution in [0.4, 0.5) is 4.79 Å². The summed E-state index contributed by atoms with van der Waals surface area (Å²) in [5.41, 5.74) is -0.496. The molecule has 23 heavy (non-hydrogen) atoms. The SMILES string of the molecule is CN1CCC(CN(C)C(=O)C2CCN(C(=O)OC(C)(C)C)C2)C1. The highest BCUT2D eigenvalue weighted by Gasteiger charge is 2.35. The summed E-state index contributed by atoms with van der Waals surface area (Å²) < 4.78 is 5.39. The van der Waals surface area contributed by atoms with Crippen molar-refractivity contribution in [3.8, 4) is 0 Å². The molecule has 132 valence electrons. The van der Waals surface area contributed by atoms with Crippen LogP contribution in [0.25, 0.3) is 0 Å². The number of hydrogen-bond donors (Lipinski definition) is 0. The van der Waals surface area contributed by atoms with Crippen molar-refractivity contribution < 1.29 is 14.3 Å². The Kier molecular flexibility index (Phi) is 5.55. The van der Waals surface area contributed by atoms with Gasteiger partial charge in [-0.05, 0) is 53.1 Å². The molecule has 0 radical (unpaired) electrons. The maximum Gasteiger partial charge on any atom is 0.410 e. The number of likely N-dealkylation sites (tertiary alicyclic amines) is 2. The molecule has 0 N–H and O–H groups in total. The predicted octanol–water partition coefficient (Wildman–Crippen LogP) is 1.65. The fraction of sp³-hybridized carbons (Fsp3) is 0.882. The van der Waals surface area contributed by atoms with Gasteiger partial charge in [-0.2, -0.15) is 0 Å². The molecule has 0 aromatic carbocycles. The normalized spacial score (nSPS) is 25.7. The van der Waals surface area contributed by atoms with Gasteiger partial charge >= 0.3 is 6.09 Å². The summed E-state index contributed by atoms with van der Waals surface area (Å²) in [7, 11) is 4.01. The van der Waals surface area contributed by atoms with Crippen LogP contribution in [0.5, 0.6) is 0 Å². The average molecular weight is 325 g/mol. The van der Waals surface area contributed by atoms with E-state index in [0.29, 0.717) is 19.0 Å². The van der Waals surface area contributed by atoms with Gasteiger partial charge in [0, 0.05) is 33.2 Å². The number of amides is 2. The van der Waals surface area contributed by atoms with Crippen molar-refractivity contribution in [1.29, 1.82) is 0 Å². The third-order valence-electron chi connectivity index (χ3n) is 4.59. The first-order valence-corrected chi connectivity index (χ1v) is 8.57. The molecule has 2 amide bonds. The number of nitrogens with zero attached hydrogens (tertiary/aromatic N) is 3. The van der Waals surface area contributed by atoms with Crippen LogP contribution in [0.1, 0.15) is 33.6 Å². The predicted molar refractivity (Wildman–Crippen MR) is 89.2 cm³/mol. The van der Waals surface area contributed by atoms with Crippen LogP contribution in [0.2, 0.25) is 0 Å². The highest BCUT2D eigenvalue weighted by molar-refractivity contribution is 5.80. The lowest BCUT2D eigenvalue weighted by molar-refractivity contribution is -0.134. The number of carbonyl (C=O) groups is 2. The van der Waals surface area contributed by atoms with Gasteiger partial charge in [-0.1, -0.05) is 0 Å². The molecular formula is C17H31N3O3. The zero-order valence-electron chi connectivity index (χ0n) is 15.2. The lowest BCUT2D eigenvalue weighted by atomic mass is 10.1. The molecule has 0 aliphatic carbocycles. The second-order valence-corrected chi connectivity index (χ2v) is 8.05. The van der Waals surface area contributed by atoms with Gasteiger partial charge in [-0.25, -0.2) is 4.79 Å². The molecule has 6 heteroatoms. The lowest BCUT2D eigenvalue weighted by Crippen LogP contribution is -2.39. The van der Waals surface area contributed by atoms with Crippen molar-refractivity contribution in [2.24, 2.45) is 11.8 Å². The summed E-state index contributed by atoms with van der Waals surface area (Å²) in [5, 5.41) is 0. The fourth-order valence-corrected chi connectivity index (χ4v) is 3.42. The monoisotopic (exact) mass is 325 g/mol. The molecule has 0 aromatic rings. The van der Waals surface area contributed by atoms with E-state index in [0.717, 1.165) is 32.5 Å². The van der Waals surface area contributed by atoms with E-state index in [9.17, 15) is 9.59 Å². The smallest absolute Gasteiger partial charge is 0.410 e. The molecule has 2 unspecified atom stereocenters. The van der Waals surface area contributed by atoms with Crippen LogP contribution in [-0.4, -0.2) is 79.1 Å². The zero-order valence-corrected chi connectivity index (χ0v) is 15.2. The molecule has 0 saturated carbocycles. The number of hydrogen-bond acceptors (Lipinski definition) is 4. The van der Waals surface area contributed by atoms with Crippen LogP contribution in [-0.2, 0) is 9.53 Å². The molecule has 2 aliphatic rings. The van der Waals surface area contributed by atoms with E-state index in [1.165, 1.54) is 0 Å². The van der Waals surface area contributed by atoms with Crippen LogP contribution in [0.15, 0.2) is 0 Å². The van der Waals surface area contributed by atoms with Crippen LogP contribution in [0.3, 0.4) is 0 Å². The van der Waals surface area contributed by atoms with Crippen LogP contribution >= 0.6 is 0 Å². The van der Waals surface area contributed by atoms with Gasteiger partial charge < -0.3 is 19.4 Å². The molecule has 2 aliphatic heterocycles. The minimum atomic E-state index is -0.496. The van der Waals surface area contributed by atoms with Crippen LogP contribution < -0.4 is 0 Å². The van der Waals surface area contributed by atoms with E-state index >= 15 is 0 Å². The maximum atomic E-state index is 12.6. The molecule has 2 rings (SSSR count). The molecule has 2 fully saturated rings. The molecule has 2 heterocycles. The largest absolute Gasteiger partial charge is 0.444 e. The Morgan fingerprint density at radius 2 is 1.87 bits per heavy atom. The van der Waals surface area contributed by atoms with E-state index < -0.39 is 5.60 Å². The van der Waals surface area contributed by atoms with Gasteiger partial charge in [-0.3, -0.25) is 4.79 Å². The molecule has 0 aromatic heterocycles. The van der Waals surface area contributed by atoms with Gasteiger partial charge in [0.1, 0.15) is 5.60 Å². The molecule has 0 bridgehead atoms. The zero-order chi connectivity index (χ0) is 17.2. The molecule has 0 spiro atoms. The third-order valence-corrected chi connectivity index (χ3v) is 4.59. The summed E-state index contributed by atoms with van der Waals surface area (Å²) in [6.45, 7) is 9.64. The minimum absolute atomic E-state index is 0.0911. The second-order valence-electron chi connectivity index (χ2n) is 8.05. The molecule has 2 atom stereocenters. The Hall–Kier alpha value is -1.30. The van der Waals surface area contributed by atoms with E-state index in [-0.39, 0.29) is 17.9 Å². The summed E-state index contributed by atoms with van der Waals surface area (Å²) in [4.78, 5) is 30.5. The van der Waals surface area contributed by atoms with Gasteiger partial charge in [0.05, 0.1) is 5.92 Å². The summed E-state index contributed by atoms with van der Waals surface area (Å²) in [5.74, 6) is 0.634. The van der Waals surface area contributed by atoms with Crippen molar-refractivity contribution in [3.63, 3.8) is 0 Å². The quantitative estimate of drug-likeness (QED) is 0.792. The maximum absolute atomic E-state index is 12.6. The first-order chi connectivity index (χ1) is 10.7. The van der Waals surface area contributed by atoms with Gasteiger partial charge in [0.15, 0.2) is 0 Å². The first kappa shape index (κ1) is 18.0. The van der Waals surface area contributed by atoms with E-state index in [1.807, 2.05) is 32.7 Å². The molecule has 6 nitrogen and oxygen atoms in total.